The van der Waals surface area contributed by atoms with Crippen LogP contribution in [0.2, 0.25) is 0 Å². The van der Waals surface area contributed by atoms with Crippen LogP contribution in [0.4, 0.5) is 0 Å². The fourth-order valence-corrected chi connectivity index (χ4v) is 7.83. The molecular formula is C51H41N3. The summed E-state index contributed by atoms with van der Waals surface area (Å²) in [5, 5.41) is 5.29. The lowest BCUT2D eigenvalue weighted by atomic mass is 9.86. The number of hydrogen-bond acceptors (Lipinski definition) is 3. The summed E-state index contributed by atoms with van der Waals surface area (Å²) >= 11 is 0. The Labute approximate surface area is 317 Å². The smallest absolute Gasteiger partial charge is 0.164 e. The third kappa shape index (κ3) is 6.33. The van der Waals surface area contributed by atoms with Crippen molar-refractivity contribution in [3.8, 4) is 67.5 Å². The van der Waals surface area contributed by atoms with Crippen LogP contribution in [0.3, 0.4) is 0 Å². The van der Waals surface area contributed by atoms with Gasteiger partial charge in [-0.1, -0.05) is 191 Å². The van der Waals surface area contributed by atoms with Crippen molar-refractivity contribution in [2.75, 3.05) is 0 Å². The first-order valence-electron chi connectivity index (χ1n) is 19.0. The zero-order valence-electron chi connectivity index (χ0n) is 30.9. The molecule has 54 heavy (non-hydrogen) atoms. The molecule has 1 aliphatic carbocycles. The van der Waals surface area contributed by atoms with Crippen molar-refractivity contribution in [3.05, 3.63) is 174 Å². The van der Waals surface area contributed by atoms with Crippen LogP contribution in [-0.4, -0.2) is 15.0 Å². The molecular weight excluding hydrogens is 655 g/mol. The monoisotopic (exact) mass is 695 g/mol. The standard InChI is InChI=1S/C51H41N3/c1-33(2)41-28-30-46(44-17-11-10-16-43(41)44)47-31-29-42(45-27-18-34(3)32-48(45)47)37-21-25-40(26-22-37)51-53-49(38-14-8-5-9-15-38)52-50(54-51)39-23-19-36(20-24-39)35-12-6-4-7-13-35/h4-17,19-34H,18H2,1-3H3. The summed E-state index contributed by atoms with van der Waals surface area (Å²) in [4.78, 5) is 15.0. The number of rotatable bonds is 7. The summed E-state index contributed by atoms with van der Waals surface area (Å²) in [6, 6.07) is 55.9. The first-order chi connectivity index (χ1) is 26.5. The molecule has 0 aliphatic heterocycles. The molecule has 1 heterocycles. The van der Waals surface area contributed by atoms with Gasteiger partial charge in [-0.25, -0.2) is 15.0 Å². The van der Waals surface area contributed by atoms with E-state index in [9.17, 15) is 0 Å². The minimum Gasteiger partial charge on any atom is -0.208 e. The van der Waals surface area contributed by atoms with E-state index in [1.807, 2.05) is 36.4 Å². The van der Waals surface area contributed by atoms with Gasteiger partial charge in [-0.2, -0.15) is 0 Å². The Balaban J connectivity index is 1.11. The van der Waals surface area contributed by atoms with Gasteiger partial charge in [0.25, 0.3) is 0 Å². The molecule has 1 aliphatic rings. The van der Waals surface area contributed by atoms with Crippen molar-refractivity contribution in [2.45, 2.75) is 33.1 Å². The lowest BCUT2D eigenvalue weighted by Gasteiger charge is -2.18. The van der Waals surface area contributed by atoms with Crippen molar-refractivity contribution < 1.29 is 0 Å². The molecule has 1 unspecified atom stereocenters. The van der Waals surface area contributed by atoms with Gasteiger partial charge in [0.2, 0.25) is 0 Å². The summed E-state index contributed by atoms with van der Waals surface area (Å²) < 4.78 is 0. The number of fused-ring (bicyclic) bond motifs is 2. The number of benzene rings is 7. The lowest BCUT2D eigenvalue weighted by Crippen LogP contribution is -2.32. The maximum Gasteiger partial charge on any atom is 0.164 e. The van der Waals surface area contributed by atoms with Gasteiger partial charge >= 0.3 is 0 Å². The Morgan fingerprint density at radius 1 is 0.426 bits per heavy atom. The fourth-order valence-electron chi connectivity index (χ4n) is 7.83. The van der Waals surface area contributed by atoms with Gasteiger partial charge in [-0.3, -0.25) is 0 Å². The molecule has 1 atom stereocenters. The molecule has 0 radical (unpaired) electrons. The molecule has 0 N–H and O–H groups in total. The number of nitrogens with zero attached hydrogens (tertiary/aromatic N) is 3. The third-order valence-electron chi connectivity index (χ3n) is 10.7. The Morgan fingerprint density at radius 3 is 1.50 bits per heavy atom. The molecule has 8 aromatic rings. The summed E-state index contributed by atoms with van der Waals surface area (Å²) in [6.07, 6.45) is 5.93. The highest BCUT2D eigenvalue weighted by Gasteiger charge is 2.17. The Hall–Kier alpha value is -6.45. The first-order valence-corrected chi connectivity index (χ1v) is 19.0. The molecule has 0 saturated heterocycles. The number of hydrogen-bond donors (Lipinski definition) is 0. The van der Waals surface area contributed by atoms with E-state index in [2.05, 4.69) is 154 Å². The van der Waals surface area contributed by atoms with Gasteiger partial charge in [0.05, 0.1) is 0 Å². The average Bonchev–Trinajstić information content (AvgIpc) is 3.23. The third-order valence-corrected chi connectivity index (χ3v) is 10.7. The van der Waals surface area contributed by atoms with E-state index in [0.717, 1.165) is 28.7 Å². The van der Waals surface area contributed by atoms with E-state index in [0.29, 0.717) is 29.3 Å². The van der Waals surface area contributed by atoms with Crippen LogP contribution < -0.4 is 10.4 Å². The Morgan fingerprint density at radius 2 is 0.889 bits per heavy atom. The quantitative estimate of drug-likeness (QED) is 0.167. The van der Waals surface area contributed by atoms with Crippen LogP contribution in [0.5, 0.6) is 0 Å². The molecule has 0 spiro atoms. The zero-order valence-corrected chi connectivity index (χ0v) is 30.9. The van der Waals surface area contributed by atoms with E-state index >= 15 is 0 Å². The van der Waals surface area contributed by atoms with Crippen LogP contribution in [0.25, 0.3) is 90.5 Å². The predicted octanol–water partition coefficient (Wildman–Crippen LogP) is 11.8. The summed E-state index contributed by atoms with van der Waals surface area (Å²) in [7, 11) is 0. The normalized spacial score (nSPS) is 13.7. The average molecular weight is 696 g/mol. The van der Waals surface area contributed by atoms with Gasteiger partial charge in [-0.05, 0) is 78.4 Å². The molecule has 9 rings (SSSR count). The van der Waals surface area contributed by atoms with E-state index < -0.39 is 0 Å². The molecule has 7 aromatic carbocycles. The van der Waals surface area contributed by atoms with Gasteiger partial charge < -0.3 is 0 Å². The maximum absolute atomic E-state index is 5.04. The summed E-state index contributed by atoms with van der Waals surface area (Å²) in [5.41, 5.74) is 11.6. The topological polar surface area (TPSA) is 38.7 Å². The van der Waals surface area contributed by atoms with Crippen molar-refractivity contribution in [2.24, 2.45) is 5.92 Å². The minimum atomic E-state index is 0.462. The van der Waals surface area contributed by atoms with Gasteiger partial charge in [-0.15, -0.1) is 0 Å². The van der Waals surface area contributed by atoms with Gasteiger partial charge in [0, 0.05) is 16.7 Å². The molecule has 0 amide bonds. The number of aromatic nitrogens is 3. The fraction of sp³-hybridized carbons (Fsp3) is 0.118. The minimum absolute atomic E-state index is 0.462. The van der Waals surface area contributed by atoms with Crippen molar-refractivity contribution in [1.29, 1.82) is 0 Å². The predicted molar refractivity (Wildman–Crippen MR) is 226 cm³/mol. The molecule has 0 saturated carbocycles. The Bertz CT molecular complexity index is 2750. The van der Waals surface area contributed by atoms with Crippen LogP contribution in [0, 0.1) is 5.92 Å². The van der Waals surface area contributed by atoms with Gasteiger partial charge in [0.15, 0.2) is 17.5 Å². The van der Waals surface area contributed by atoms with Crippen LogP contribution in [-0.2, 0) is 0 Å². The lowest BCUT2D eigenvalue weighted by molar-refractivity contribution is 0.801. The van der Waals surface area contributed by atoms with E-state index in [4.69, 9.17) is 15.0 Å². The highest BCUT2D eigenvalue weighted by Crippen LogP contribution is 2.34. The second kappa shape index (κ2) is 14.2. The second-order valence-electron chi connectivity index (χ2n) is 14.7. The highest BCUT2D eigenvalue weighted by atomic mass is 15.0. The largest absolute Gasteiger partial charge is 0.208 e. The summed E-state index contributed by atoms with van der Waals surface area (Å²) in [6.45, 7) is 6.87. The molecule has 3 heteroatoms. The molecule has 1 aromatic heterocycles. The molecule has 3 nitrogen and oxygen atoms in total. The highest BCUT2D eigenvalue weighted by molar-refractivity contribution is 5.99. The van der Waals surface area contributed by atoms with Crippen LogP contribution in [0.1, 0.15) is 38.7 Å². The van der Waals surface area contributed by atoms with Crippen molar-refractivity contribution in [1.82, 2.24) is 15.0 Å². The SMILES string of the molecule is CC1C=c2c(-c3ccc(C(C)C)c4ccccc34)ccc(-c3ccc(-c4nc(-c5ccccc5)nc(-c5ccc(-c6ccccc6)cc5)n4)cc3)c2=CC1. The van der Waals surface area contributed by atoms with E-state index in [1.165, 1.54) is 54.6 Å². The van der Waals surface area contributed by atoms with Gasteiger partial charge in [0.1, 0.15) is 0 Å². The molecule has 0 bridgehead atoms. The molecule has 0 fully saturated rings. The van der Waals surface area contributed by atoms with E-state index in [1.54, 1.807) is 0 Å². The maximum atomic E-state index is 5.04. The Kier molecular flexibility index (Phi) is 8.76. The zero-order chi connectivity index (χ0) is 36.6. The van der Waals surface area contributed by atoms with Crippen LogP contribution in [0.15, 0.2) is 158 Å². The first kappa shape index (κ1) is 33.4. The van der Waals surface area contributed by atoms with Crippen LogP contribution >= 0.6 is 0 Å². The molecule has 260 valence electrons. The van der Waals surface area contributed by atoms with E-state index in [-0.39, 0.29) is 0 Å². The second-order valence-corrected chi connectivity index (χ2v) is 14.7. The van der Waals surface area contributed by atoms with Crippen molar-refractivity contribution >= 4 is 22.9 Å². The summed E-state index contributed by atoms with van der Waals surface area (Å²) in [5.74, 6) is 2.90. The van der Waals surface area contributed by atoms with Crippen molar-refractivity contribution in [3.63, 3.8) is 0 Å².